The van der Waals surface area contributed by atoms with Crippen LogP contribution in [0.5, 0.6) is 0 Å². The standard InChI is InChI=1S/C25H41NO7/c1-13-9-10-20(28)14(2)11-15(3)22(17(5)24(30)32-23(13)18(6)27)33-25-21(29)19(26(7)8)12-16(4)31-25/h9-10,13-17,19,21-23,25,29H,11-12H2,1-8H3/b10-9+/t13-,14-,15+,16-,17-,19+,21-,22+,23+,25?/m1/s1. The lowest BCUT2D eigenvalue weighted by Gasteiger charge is -2.43. The highest BCUT2D eigenvalue weighted by Crippen LogP contribution is 2.32. The molecule has 0 spiro atoms. The molecule has 1 unspecified atom stereocenters. The molecule has 10 atom stereocenters. The Morgan fingerprint density at radius 1 is 1.12 bits per heavy atom. The Labute approximate surface area is 197 Å². The topological polar surface area (TPSA) is 102 Å². The molecule has 33 heavy (non-hydrogen) atoms. The van der Waals surface area contributed by atoms with E-state index in [0.717, 1.165) is 0 Å². The Kier molecular flexibility index (Phi) is 9.79. The van der Waals surface area contributed by atoms with Crippen LogP contribution in [0.2, 0.25) is 0 Å². The van der Waals surface area contributed by atoms with Gasteiger partial charge in [0, 0.05) is 17.9 Å². The van der Waals surface area contributed by atoms with Gasteiger partial charge in [-0.2, -0.15) is 0 Å². The number of allylic oxidation sites excluding steroid dienone is 1. The van der Waals surface area contributed by atoms with E-state index in [-0.39, 0.29) is 35.5 Å². The summed E-state index contributed by atoms with van der Waals surface area (Å²) in [6.45, 7) is 10.5. The Morgan fingerprint density at radius 2 is 1.76 bits per heavy atom. The van der Waals surface area contributed by atoms with Gasteiger partial charge in [0.15, 0.2) is 24.0 Å². The number of cyclic esters (lactones) is 1. The van der Waals surface area contributed by atoms with Crippen LogP contribution in [0.4, 0.5) is 0 Å². The van der Waals surface area contributed by atoms with E-state index in [1.165, 1.54) is 13.0 Å². The maximum Gasteiger partial charge on any atom is 0.312 e. The summed E-state index contributed by atoms with van der Waals surface area (Å²) in [6, 6.07) is -0.156. The summed E-state index contributed by atoms with van der Waals surface area (Å²) in [6.07, 6.45) is 0.639. The number of likely N-dealkylation sites (N-methyl/N-ethyl adjacent to an activating group) is 1. The minimum atomic E-state index is -0.982. The maximum absolute atomic E-state index is 13.1. The van der Waals surface area contributed by atoms with Crippen LogP contribution in [-0.4, -0.2) is 78.4 Å². The SMILES string of the molecule is CC(=O)[C@H]1OC(=O)[C@H](C)[C@@H](OC2O[C@H](C)C[C@H](N(C)C)[C@H]2O)[C@@H](C)C[C@@H](C)C(=O)/C=C/[C@H]1C. The van der Waals surface area contributed by atoms with E-state index in [4.69, 9.17) is 14.2 Å². The largest absolute Gasteiger partial charge is 0.453 e. The number of hydrogen-bond donors (Lipinski definition) is 1. The van der Waals surface area contributed by atoms with Gasteiger partial charge in [0.1, 0.15) is 6.10 Å². The molecule has 0 aromatic heterocycles. The number of aliphatic hydroxyl groups is 1. The Morgan fingerprint density at radius 3 is 2.33 bits per heavy atom. The van der Waals surface area contributed by atoms with E-state index < -0.39 is 42.4 Å². The molecule has 8 nitrogen and oxygen atoms in total. The number of carbonyl (C=O) groups excluding carboxylic acids is 3. The molecule has 0 saturated carbocycles. The lowest BCUT2D eigenvalue weighted by Crippen LogP contribution is -2.56. The molecule has 2 aliphatic heterocycles. The highest BCUT2D eigenvalue weighted by atomic mass is 16.7. The molecule has 1 N–H and O–H groups in total. The molecule has 2 rings (SSSR count). The van der Waals surface area contributed by atoms with E-state index in [1.54, 1.807) is 19.9 Å². The van der Waals surface area contributed by atoms with E-state index in [9.17, 15) is 19.5 Å². The number of nitrogens with zero attached hydrogens (tertiary/aromatic N) is 1. The normalized spacial score (nSPS) is 42.2. The van der Waals surface area contributed by atoms with Gasteiger partial charge in [-0.1, -0.05) is 26.8 Å². The van der Waals surface area contributed by atoms with Gasteiger partial charge in [0.05, 0.1) is 18.1 Å². The van der Waals surface area contributed by atoms with Crippen LogP contribution in [0, 0.1) is 23.7 Å². The van der Waals surface area contributed by atoms with Crippen LogP contribution in [0.3, 0.4) is 0 Å². The van der Waals surface area contributed by atoms with Crippen molar-refractivity contribution in [2.45, 2.75) is 91.1 Å². The highest BCUT2D eigenvalue weighted by molar-refractivity contribution is 5.92. The molecule has 2 heterocycles. The molecular weight excluding hydrogens is 426 g/mol. The lowest BCUT2D eigenvalue weighted by molar-refractivity contribution is -0.279. The first-order valence-corrected chi connectivity index (χ1v) is 11.9. The van der Waals surface area contributed by atoms with E-state index >= 15 is 0 Å². The molecule has 0 aromatic rings. The number of carbonyl (C=O) groups is 3. The van der Waals surface area contributed by atoms with Crippen molar-refractivity contribution in [2.75, 3.05) is 14.1 Å². The molecular formula is C25H41NO7. The fourth-order valence-corrected chi connectivity index (χ4v) is 4.80. The zero-order valence-corrected chi connectivity index (χ0v) is 21.2. The van der Waals surface area contributed by atoms with Crippen LogP contribution in [0.15, 0.2) is 12.2 Å². The van der Waals surface area contributed by atoms with Crippen molar-refractivity contribution in [1.29, 1.82) is 0 Å². The minimum Gasteiger partial charge on any atom is -0.453 e. The van der Waals surface area contributed by atoms with Crippen molar-refractivity contribution in [3.05, 3.63) is 12.2 Å². The fraction of sp³-hybridized carbons (Fsp3) is 0.800. The summed E-state index contributed by atoms with van der Waals surface area (Å²) in [5, 5.41) is 10.9. The van der Waals surface area contributed by atoms with Crippen molar-refractivity contribution in [3.8, 4) is 0 Å². The first-order valence-electron chi connectivity index (χ1n) is 11.9. The maximum atomic E-state index is 13.1. The first-order chi connectivity index (χ1) is 15.3. The molecule has 0 bridgehead atoms. The second-order valence-electron chi connectivity index (χ2n) is 10.2. The second-order valence-corrected chi connectivity index (χ2v) is 10.2. The molecule has 0 amide bonds. The van der Waals surface area contributed by atoms with Crippen molar-refractivity contribution >= 4 is 17.5 Å². The van der Waals surface area contributed by atoms with Gasteiger partial charge in [0.2, 0.25) is 0 Å². The number of hydrogen-bond acceptors (Lipinski definition) is 8. The van der Waals surface area contributed by atoms with E-state index in [2.05, 4.69) is 0 Å². The summed E-state index contributed by atoms with van der Waals surface area (Å²) in [7, 11) is 3.79. The fourth-order valence-electron chi connectivity index (χ4n) is 4.80. The van der Waals surface area contributed by atoms with Gasteiger partial charge in [-0.25, -0.2) is 0 Å². The molecule has 8 heteroatoms. The third kappa shape index (κ3) is 6.94. The van der Waals surface area contributed by atoms with Gasteiger partial charge in [-0.05, 0) is 59.7 Å². The molecule has 0 radical (unpaired) electrons. The average Bonchev–Trinajstić information content (AvgIpc) is 2.73. The Balaban J connectivity index is 2.36. The summed E-state index contributed by atoms with van der Waals surface area (Å²) >= 11 is 0. The van der Waals surface area contributed by atoms with Crippen LogP contribution in [0.25, 0.3) is 0 Å². The van der Waals surface area contributed by atoms with Crippen LogP contribution >= 0.6 is 0 Å². The molecule has 2 aliphatic rings. The zero-order chi connectivity index (χ0) is 25.0. The molecule has 0 aromatic carbocycles. The van der Waals surface area contributed by atoms with Crippen molar-refractivity contribution in [1.82, 2.24) is 4.90 Å². The Hall–Kier alpha value is -1.61. The summed E-state index contributed by atoms with van der Waals surface area (Å²) < 4.78 is 17.8. The van der Waals surface area contributed by atoms with E-state index in [0.29, 0.717) is 12.8 Å². The quantitative estimate of drug-likeness (QED) is 0.629. The van der Waals surface area contributed by atoms with E-state index in [1.807, 2.05) is 39.8 Å². The number of Topliss-reactive ketones (excluding diaryl/α,β-unsaturated/α-hetero) is 1. The highest BCUT2D eigenvalue weighted by Gasteiger charge is 2.43. The number of esters is 1. The van der Waals surface area contributed by atoms with Gasteiger partial charge in [0.25, 0.3) is 0 Å². The van der Waals surface area contributed by atoms with Crippen LogP contribution in [0.1, 0.15) is 54.4 Å². The number of rotatable bonds is 4. The smallest absolute Gasteiger partial charge is 0.312 e. The molecule has 1 saturated heterocycles. The van der Waals surface area contributed by atoms with Gasteiger partial charge >= 0.3 is 5.97 Å². The lowest BCUT2D eigenvalue weighted by atomic mass is 9.84. The predicted molar refractivity (Wildman–Crippen MR) is 123 cm³/mol. The summed E-state index contributed by atoms with van der Waals surface area (Å²) in [5.41, 5.74) is 0. The zero-order valence-electron chi connectivity index (χ0n) is 21.2. The van der Waals surface area contributed by atoms with Gasteiger partial charge in [-0.15, -0.1) is 0 Å². The third-order valence-corrected chi connectivity index (χ3v) is 6.89. The first kappa shape index (κ1) is 27.6. The average molecular weight is 468 g/mol. The third-order valence-electron chi connectivity index (χ3n) is 6.89. The Bertz CT molecular complexity index is 736. The molecule has 188 valence electrons. The number of aliphatic hydroxyl groups excluding tert-OH is 1. The van der Waals surface area contributed by atoms with Crippen molar-refractivity contribution < 1.29 is 33.7 Å². The summed E-state index contributed by atoms with van der Waals surface area (Å²) in [4.78, 5) is 39.9. The van der Waals surface area contributed by atoms with Gasteiger partial charge < -0.3 is 24.2 Å². The monoisotopic (exact) mass is 467 g/mol. The minimum absolute atomic E-state index is 0.0513. The summed E-state index contributed by atoms with van der Waals surface area (Å²) in [5.74, 6) is -2.55. The van der Waals surface area contributed by atoms with Crippen molar-refractivity contribution in [3.63, 3.8) is 0 Å². The molecule has 1 fully saturated rings. The van der Waals surface area contributed by atoms with Crippen LogP contribution in [-0.2, 0) is 28.6 Å². The number of ether oxygens (including phenoxy) is 3. The number of ketones is 2. The second kappa shape index (κ2) is 11.7. The van der Waals surface area contributed by atoms with Crippen molar-refractivity contribution in [2.24, 2.45) is 23.7 Å². The van der Waals surface area contributed by atoms with Crippen LogP contribution < -0.4 is 0 Å². The predicted octanol–water partition coefficient (Wildman–Crippen LogP) is 2.37. The van der Waals surface area contributed by atoms with Gasteiger partial charge in [-0.3, -0.25) is 14.4 Å². The molecule has 0 aliphatic carbocycles.